The van der Waals surface area contributed by atoms with Crippen LogP contribution in [0, 0.1) is 17.1 Å². The first kappa shape index (κ1) is 26.1. The summed E-state index contributed by atoms with van der Waals surface area (Å²) in [7, 11) is 1.81. The van der Waals surface area contributed by atoms with Crippen LogP contribution in [0.3, 0.4) is 0 Å². The first-order valence-electron chi connectivity index (χ1n) is 12.4. The lowest BCUT2D eigenvalue weighted by Crippen LogP contribution is -2.22. The number of ether oxygens (including phenoxy) is 1. The predicted molar refractivity (Wildman–Crippen MR) is 148 cm³/mol. The number of aryl methyl sites for hydroxylation is 1. The lowest BCUT2D eigenvalue weighted by molar-refractivity contribution is 0.262. The van der Waals surface area contributed by atoms with E-state index in [1.807, 2.05) is 33.2 Å². The quantitative estimate of drug-likeness (QED) is 0.254. The molecule has 10 nitrogen and oxygen atoms in total. The van der Waals surface area contributed by atoms with Crippen LogP contribution >= 0.6 is 0 Å². The standard InChI is InChI=1S/C29H25FN8O2/c1-18(2)26-16-28(38(36-26)20-6-4-19(17-31)5-7-20)34-29(39)33-24-9-8-21(14-23(24)30)40-22-10-12-32-27(15-22)25-11-13-37(3)35-25/h4-16,18H,1-3H3,(H2,33,34,39). The van der Waals surface area contributed by atoms with Crippen molar-refractivity contribution in [3.05, 3.63) is 96.2 Å². The molecule has 0 radical (unpaired) electrons. The van der Waals surface area contributed by atoms with Crippen molar-refractivity contribution in [2.75, 3.05) is 10.6 Å². The number of hydrogen-bond acceptors (Lipinski definition) is 6. The molecule has 0 aliphatic heterocycles. The molecule has 0 unspecified atom stereocenters. The van der Waals surface area contributed by atoms with Crippen molar-refractivity contribution >= 4 is 17.5 Å². The topological polar surface area (TPSA) is 123 Å². The van der Waals surface area contributed by atoms with Gasteiger partial charge in [0, 0.05) is 37.6 Å². The number of hydrogen-bond donors (Lipinski definition) is 2. The number of aromatic nitrogens is 5. The maximum atomic E-state index is 14.9. The molecule has 2 amide bonds. The number of amides is 2. The van der Waals surface area contributed by atoms with E-state index < -0.39 is 11.8 Å². The molecular weight excluding hydrogens is 511 g/mol. The summed E-state index contributed by atoms with van der Waals surface area (Å²) < 4.78 is 24.0. The summed E-state index contributed by atoms with van der Waals surface area (Å²) in [6.07, 6.45) is 3.40. The largest absolute Gasteiger partial charge is 0.457 e. The summed E-state index contributed by atoms with van der Waals surface area (Å²) in [6.45, 7) is 3.97. The summed E-state index contributed by atoms with van der Waals surface area (Å²) >= 11 is 0. The molecule has 0 bridgehead atoms. The summed E-state index contributed by atoms with van der Waals surface area (Å²) in [5.74, 6) is 0.545. The number of rotatable bonds is 7. The fourth-order valence-corrected chi connectivity index (χ4v) is 3.88. The molecule has 0 atom stereocenters. The van der Waals surface area contributed by atoms with Gasteiger partial charge in [-0.15, -0.1) is 0 Å². The third-order valence-electron chi connectivity index (χ3n) is 5.93. The first-order valence-corrected chi connectivity index (χ1v) is 12.4. The van der Waals surface area contributed by atoms with Crippen LogP contribution in [0.5, 0.6) is 11.5 Å². The van der Waals surface area contributed by atoms with Crippen LogP contribution in [-0.2, 0) is 7.05 Å². The minimum absolute atomic E-state index is 0.0257. The summed E-state index contributed by atoms with van der Waals surface area (Å²) in [5, 5.41) is 23.3. The van der Waals surface area contributed by atoms with Gasteiger partial charge in [0.05, 0.1) is 34.4 Å². The zero-order chi connectivity index (χ0) is 28.2. The molecule has 5 rings (SSSR count). The summed E-state index contributed by atoms with van der Waals surface area (Å²) in [5.41, 5.74) is 3.21. The van der Waals surface area contributed by atoms with Crippen molar-refractivity contribution in [3.63, 3.8) is 0 Å². The van der Waals surface area contributed by atoms with Crippen LogP contribution in [-0.4, -0.2) is 30.6 Å². The molecule has 0 saturated carbocycles. The molecule has 0 aliphatic carbocycles. The number of carbonyl (C=O) groups excluding carboxylic acids is 1. The molecule has 3 heterocycles. The normalized spacial score (nSPS) is 10.8. The van der Waals surface area contributed by atoms with Crippen LogP contribution in [0.2, 0.25) is 0 Å². The highest BCUT2D eigenvalue weighted by Crippen LogP contribution is 2.28. The second-order valence-electron chi connectivity index (χ2n) is 9.25. The molecule has 0 aliphatic rings. The molecule has 0 fully saturated rings. The Bertz CT molecular complexity index is 1720. The van der Waals surface area contributed by atoms with Crippen LogP contribution in [0.25, 0.3) is 17.1 Å². The Morgan fingerprint density at radius 3 is 2.42 bits per heavy atom. The fourth-order valence-electron chi connectivity index (χ4n) is 3.88. The number of urea groups is 1. The molecule has 40 heavy (non-hydrogen) atoms. The van der Waals surface area contributed by atoms with Crippen molar-refractivity contribution in [1.29, 1.82) is 5.26 Å². The van der Waals surface area contributed by atoms with Gasteiger partial charge in [0.2, 0.25) is 0 Å². The van der Waals surface area contributed by atoms with E-state index in [9.17, 15) is 9.18 Å². The fraction of sp³-hybridized carbons (Fsp3) is 0.138. The highest BCUT2D eigenvalue weighted by molar-refractivity contribution is 5.99. The van der Waals surface area contributed by atoms with Gasteiger partial charge in [0.1, 0.15) is 28.8 Å². The number of nitriles is 1. The lowest BCUT2D eigenvalue weighted by atomic mass is 10.1. The molecule has 200 valence electrons. The number of halogens is 1. The number of pyridine rings is 1. The number of carbonyl (C=O) groups is 1. The van der Waals surface area contributed by atoms with E-state index in [0.717, 1.165) is 5.69 Å². The van der Waals surface area contributed by atoms with Gasteiger partial charge in [-0.2, -0.15) is 15.5 Å². The van der Waals surface area contributed by atoms with E-state index in [1.165, 1.54) is 12.1 Å². The molecule has 0 spiro atoms. The van der Waals surface area contributed by atoms with Crippen molar-refractivity contribution in [3.8, 4) is 34.6 Å². The van der Waals surface area contributed by atoms with E-state index >= 15 is 0 Å². The van der Waals surface area contributed by atoms with Gasteiger partial charge < -0.3 is 10.1 Å². The number of anilines is 2. The maximum absolute atomic E-state index is 14.9. The van der Waals surface area contributed by atoms with Crippen molar-refractivity contribution in [2.45, 2.75) is 19.8 Å². The van der Waals surface area contributed by atoms with E-state index in [2.05, 4.69) is 31.9 Å². The van der Waals surface area contributed by atoms with Gasteiger partial charge in [-0.05, 0) is 54.4 Å². The van der Waals surface area contributed by atoms with E-state index in [0.29, 0.717) is 34.2 Å². The number of nitrogens with zero attached hydrogens (tertiary/aromatic N) is 6. The lowest BCUT2D eigenvalue weighted by Gasteiger charge is -2.12. The SMILES string of the molecule is CC(C)c1cc(NC(=O)Nc2ccc(Oc3ccnc(-c4ccn(C)n4)c3)cc2F)n(-c2ccc(C#N)cc2)n1. The average molecular weight is 537 g/mol. The number of nitrogens with one attached hydrogen (secondary N) is 2. The van der Waals surface area contributed by atoms with Gasteiger partial charge in [0.15, 0.2) is 0 Å². The van der Waals surface area contributed by atoms with Crippen LogP contribution in [0.1, 0.15) is 31.0 Å². The minimum Gasteiger partial charge on any atom is -0.457 e. The van der Waals surface area contributed by atoms with Crippen molar-refractivity contribution in [1.82, 2.24) is 24.5 Å². The summed E-state index contributed by atoms with van der Waals surface area (Å²) in [6, 6.07) is 19.3. The van der Waals surface area contributed by atoms with Crippen molar-refractivity contribution < 1.29 is 13.9 Å². The second kappa shape index (κ2) is 11.1. The minimum atomic E-state index is -0.671. The molecule has 0 saturated heterocycles. The average Bonchev–Trinajstić information content (AvgIpc) is 3.57. The molecule has 2 N–H and O–H groups in total. The smallest absolute Gasteiger partial charge is 0.324 e. The zero-order valence-electron chi connectivity index (χ0n) is 22.0. The third-order valence-corrected chi connectivity index (χ3v) is 5.93. The van der Waals surface area contributed by atoms with Crippen molar-refractivity contribution in [2.24, 2.45) is 7.05 Å². The molecule has 11 heteroatoms. The van der Waals surface area contributed by atoms with Gasteiger partial charge in [-0.25, -0.2) is 13.9 Å². The van der Waals surface area contributed by atoms with Crippen LogP contribution in [0.4, 0.5) is 20.7 Å². The highest BCUT2D eigenvalue weighted by Gasteiger charge is 2.16. The highest BCUT2D eigenvalue weighted by atomic mass is 19.1. The second-order valence-corrected chi connectivity index (χ2v) is 9.25. The number of benzene rings is 2. The van der Waals surface area contributed by atoms with Gasteiger partial charge >= 0.3 is 6.03 Å². The zero-order valence-corrected chi connectivity index (χ0v) is 22.0. The molecule has 3 aromatic heterocycles. The Morgan fingerprint density at radius 2 is 1.75 bits per heavy atom. The monoisotopic (exact) mass is 536 g/mol. The molecule has 2 aromatic carbocycles. The summed E-state index contributed by atoms with van der Waals surface area (Å²) in [4.78, 5) is 17.1. The maximum Gasteiger partial charge on any atom is 0.324 e. The Morgan fingerprint density at radius 1 is 0.975 bits per heavy atom. The molecule has 5 aromatic rings. The Hall–Kier alpha value is -5.50. The Kier molecular flexibility index (Phi) is 7.24. The van der Waals surface area contributed by atoms with Gasteiger partial charge in [0.25, 0.3) is 0 Å². The van der Waals surface area contributed by atoms with Crippen LogP contribution in [0.15, 0.2) is 79.1 Å². The molecular formula is C29H25FN8O2. The third kappa shape index (κ3) is 5.81. The first-order chi connectivity index (χ1) is 19.3. The van der Waals surface area contributed by atoms with Gasteiger partial charge in [-0.3, -0.25) is 15.0 Å². The Labute approximate surface area is 229 Å². The predicted octanol–water partition coefficient (Wildman–Crippen LogP) is 6.24. The van der Waals surface area contributed by atoms with E-state index in [1.54, 1.807) is 64.1 Å². The van der Waals surface area contributed by atoms with E-state index in [-0.39, 0.29) is 17.4 Å². The van der Waals surface area contributed by atoms with E-state index in [4.69, 9.17) is 10.00 Å². The Balaban J connectivity index is 1.29. The van der Waals surface area contributed by atoms with Gasteiger partial charge in [-0.1, -0.05) is 13.8 Å². The van der Waals surface area contributed by atoms with Crippen LogP contribution < -0.4 is 15.4 Å².